The SMILES string of the molecule is O=C(c1cc(-n2cnnn2)n[nH]1)N1CCC2(C=Cc3ccccc32)CC1. The molecule has 1 spiro atoms. The number of allylic oxidation sites excluding steroid dienone is 1. The first kappa shape index (κ1) is 15.0. The molecule has 26 heavy (non-hydrogen) atoms. The largest absolute Gasteiger partial charge is 0.337 e. The van der Waals surface area contributed by atoms with Gasteiger partial charge in [-0.25, -0.2) is 0 Å². The second-order valence-corrected chi connectivity index (χ2v) is 6.76. The number of carbonyl (C=O) groups is 1. The lowest BCUT2D eigenvalue weighted by atomic mass is 9.74. The first-order chi connectivity index (χ1) is 12.8. The molecule has 1 amide bonds. The minimum atomic E-state index is -0.0399. The van der Waals surface area contributed by atoms with Crippen LogP contribution < -0.4 is 0 Å². The van der Waals surface area contributed by atoms with E-state index in [4.69, 9.17) is 0 Å². The Morgan fingerprint density at radius 3 is 2.85 bits per heavy atom. The number of aromatic nitrogens is 6. The quantitative estimate of drug-likeness (QED) is 0.760. The van der Waals surface area contributed by atoms with E-state index in [1.165, 1.54) is 22.1 Å². The fourth-order valence-electron chi connectivity index (χ4n) is 3.95. The normalized spacial score (nSPS) is 17.6. The Bertz CT molecular complexity index is 981. The zero-order valence-electron chi connectivity index (χ0n) is 14.0. The van der Waals surface area contributed by atoms with Crippen LogP contribution in [-0.4, -0.2) is 54.3 Å². The Balaban J connectivity index is 1.32. The Morgan fingerprint density at radius 1 is 1.19 bits per heavy atom. The van der Waals surface area contributed by atoms with E-state index < -0.39 is 0 Å². The standard InChI is InChI=1S/C18H17N7O/c26-17(15-11-16(21-20-15)25-12-19-22-23-25)24-9-7-18(8-10-24)6-5-13-3-1-2-4-14(13)18/h1-6,11-12H,7-10H2,(H,20,21). The smallest absolute Gasteiger partial charge is 0.271 e. The molecule has 1 saturated heterocycles. The number of nitrogens with zero attached hydrogens (tertiary/aromatic N) is 6. The van der Waals surface area contributed by atoms with Gasteiger partial charge in [-0.1, -0.05) is 36.4 Å². The van der Waals surface area contributed by atoms with Crippen LogP contribution in [-0.2, 0) is 5.41 Å². The van der Waals surface area contributed by atoms with E-state index in [-0.39, 0.29) is 11.3 Å². The van der Waals surface area contributed by atoms with Crippen molar-refractivity contribution < 1.29 is 4.79 Å². The predicted molar refractivity (Wildman–Crippen MR) is 93.6 cm³/mol. The molecule has 2 aliphatic rings. The number of benzene rings is 1. The number of aromatic amines is 1. The van der Waals surface area contributed by atoms with Crippen molar-refractivity contribution in [2.24, 2.45) is 0 Å². The lowest BCUT2D eigenvalue weighted by Gasteiger charge is -2.39. The number of H-pyrrole nitrogens is 1. The Morgan fingerprint density at radius 2 is 2.04 bits per heavy atom. The summed E-state index contributed by atoms with van der Waals surface area (Å²) in [6.07, 6.45) is 7.82. The van der Waals surface area contributed by atoms with Gasteiger partial charge in [-0.2, -0.15) is 9.78 Å². The average molecular weight is 347 g/mol. The molecule has 3 heterocycles. The molecule has 130 valence electrons. The van der Waals surface area contributed by atoms with E-state index >= 15 is 0 Å². The Kier molecular flexibility index (Phi) is 3.24. The summed E-state index contributed by atoms with van der Waals surface area (Å²) in [7, 11) is 0. The van der Waals surface area contributed by atoms with Gasteiger partial charge in [0.1, 0.15) is 12.0 Å². The molecule has 0 saturated carbocycles. The minimum absolute atomic E-state index is 0.0399. The van der Waals surface area contributed by atoms with Crippen LogP contribution in [0.25, 0.3) is 11.9 Å². The molecule has 2 aromatic heterocycles. The van der Waals surface area contributed by atoms with Gasteiger partial charge in [-0.05, 0) is 34.4 Å². The van der Waals surface area contributed by atoms with E-state index in [2.05, 4.69) is 62.1 Å². The molecule has 1 fully saturated rings. The highest BCUT2D eigenvalue weighted by molar-refractivity contribution is 5.92. The van der Waals surface area contributed by atoms with Crippen LogP contribution >= 0.6 is 0 Å². The Hall–Kier alpha value is -3.29. The zero-order valence-corrected chi connectivity index (χ0v) is 14.0. The van der Waals surface area contributed by atoms with Crippen LogP contribution in [0, 0.1) is 0 Å². The summed E-state index contributed by atoms with van der Waals surface area (Å²) in [4.78, 5) is 14.7. The lowest BCUT2D eigenvalue weighted by molar-refractivity contribution is 0.0684. The van der Waals surface area contributed by atoms with Crippen LogP contribution in [0.4, 0.5) is 0 Å². The van der Waals surface area contributed by atoms with Crippen molar-refractivity contribution in [2.45, 2.75) is 18.3 Å². The van der Waals surface area contributed by atoms with Crippen molar-refractivity contribution in [2.75, 3.05) is 13.1 Å². The summed E-state index contributed by atoms with van der Waals surface area (Å²) >= 11 is 0. The number of likely N-dealkylation sites (tertiary alicyclic amines) is 1. The van der Waals surface area contributed by atoms with Crippen LogP contribution in [0.3, 0.4) is 0 Å². The van der Waals surface area contributed by atoms with Crippen molar-refractivity contribution in [3.8, 4) is 5.82 Å². The number of nitrogens with one attached hydrogen (secondary N) is 1. The van der Waals surface area contributed by atoms with E-state index in [1.54, 1.807) is 6.07 Å². The van der Waals surface area contributed by atoms with Gasteiger partial charge in [-0.15, -0.1) is 5.10 Å². The molecule has 1 aliphatic carbocycles. The topological polar surface area (TPSA) is 92.6 Å². The van der Waals surface area contributed by atoms with Gasteiger partial charge in [0.25, 0.3) is 5.91 Å². The summed E-state index contributed by atoms with van der Waals surface area (Å²) in [6, 6.07) is 10.2. The molecule has 3 aromatic rings. The highest BCUT2D eigenvalue weighted by atomic mass is 16.2. The summed E-state index contributed by atoms with van der Waals surface area (Å²) in [5.41, 5.74) is 3.20. The number of hydrogen-bond donors (Lipinski definition) is 1. The molecule has 1 N–H and O–H groups in total. The van der Waals surface area contributed by atoms with E-state index in [0.29, 0.717) is 11.5 Å². The summed E-state index contributed by atoms with van der Waals surface area (Å²) in [5.74, 6) is 0.460. The van der Waals surface area contributed by atoms with Crippen molar-refractivity contribution in [3.63, 3.8) is 0 Å². The molecule has 1 aromatic carbocycles. The third kappa shape index (κ3) is 2.26. The summed E-state index contributed by atoms with van der Waals surface area (Å²) in [6.45, 7) is 1.44. The fourth-order valence-corrected chi connectivity index (χ4v) is 3.95. The molecular formula is C18H17N7O. The van der Waals surface area contributed by atoms with Gasteiger partial charge in [-0.3, -0.25) is 9.89 Å². The number of amides is 1. The van der Waals surface area contributed by atoms with E-state index in [9.17, 15) is 4.79 Å². The van der Waals surface area contributed by atoms with Crippen LogP contribution in [0.15, 0.2) is 42.7 Å². The average Bonchev–Trinajstić information content (AvgIpc) is 3.43. The van der Waals surface area contributed by atoms with E-state index in [1.807, 2.05) is 4.90 Å². The van der Waals surface area contributed by atoms with Gasteiger partial charge in [0.05, 0.1) is 0 Å². The summed E-state index contributed by atoms with van der Waals surface area (Å²) < 4.78 is 1.42. The molecule has 8 nitrogen and oxygen atoms in total. The number of rotatable bonds is 2. The second-order valence-electron chi connectivity index (χ2n) is 6.76. The van der Waals surface area contributed by atoms with Crippen molar-refractivity contribution >= 4 is 12.0 Å². The lowest BCUT2D eigenvalue weighted by Crippen LogP contribution is -2.44. The number of hydrogen-bond acceptors (Lipinski definition) is 5. The van der Waals surface area contributed by atoms with Crippen molar-refractivity contribution in [1.82, 2.24) is 35.3 Å². The van der Waals surface area contributed by atoms with Gasteiger partial charge >= 0.3 is 0 Å². The molecule has 0 radical (unpaired) electrons. The highest BCUT2D eigenvalue weighted by Crippen LogP contribution is 2.43. The number of tetrazole rings is 1. The number of carbonyl (C=O) groups excluding carboxylic acids is 1. The maximum Gasteiger partial charge on any atom is 0.271 e. The third-order valence-electron chi connectivity index (χ3n) is 5.40. The highest BCUT2D eigenvalue weighted by Gasteiger charge is 2.39. The minimum Gasteiger partial charge on any atom is -0.337 e. The van der Waals surface area contributed by atoms with Crippen LogP contribution in [0.5, 0.6) is 0 Å². The van der Waals surface area contributed by atoms with Crippen LogP contribution in [0.2, 0.25) is 0 Å². The van der Waals surface area contributed by atoms with Crippen molar-refractivity contribution in [3.05, 3.63) is 59.6 Å². The monoisotopic (exact) mass is 347 g/mol. The first-order valence-corrected chi connectivity index (χ1v) is 8.62. The summed E-state index contributed by atoms with van der Waals surface area (Å²) in [5, 5.41) is 17.8. The zero-order chi connectivity index (χ0) is 17.6. The fraction of sp³-hybridized carbons (Fsp3) is 0.278. The molecular weight excluding hydrogens is 330 g/mol. The molecule has 0 unspecified atom stereocenters. The number of piperidine rings is 1. The van der Waals surface area contributed by atoms with Gasteiger partial charge in [0, 0.05) is 24.6 Å². The molecule has 5 rings (SSSR count). The first-order valence-electron chi connectivity index (χ1n) is 8.62. The van der Waals surface area contributed by atoms with Crippen molar-refractivity contribution in [1.29, 1.82) is 0 Å². The second kappa shape index (κ2) is 5.62. The maximum absolute atomic E-state index is 12.8. The number of fused-ring (bicyclic) bond motifs is 2. The van der Waals surface area contributed by atoms with Crippen LogP contribution in [0.1, 0.15) is 34.5 Å². The maximum atomic E-state index is 12.8. The van der Waals surface area contributed by atoms with Gasteiger partial charge in [0.2, 0.25) is 0 Å². The van der Waals surface area contributed by atoms with Gasteiger partial charge < -0.3 is 4.90 Å². The van der Waals surface area contributed by atoms with E-state index in [0.717, 1.165) is 25.9 Å². The molecule has 8 heteroatoms. The predicted octanol–water partition coefficient (Wildman–Crippen LogP) is 1.59. The molecule has 1 aliphatic heterocycles. The Labute approximate surface area is 149 Å². The molecule has 0 atom stereocenters. The van der Waals surface area contributed by atoms with Gasteiger partial charge in [0.15, 0.2) is 5.82 Å². The third-order valence-corrected chi connectivity index (χ3v) is 5.40. The molecule has 0 bridgehead atoms.